The van der Waals surface area contributed by atoms with Gasteiger partial charge in [-0.05, 0) is 24.6 Å². The van der Waals surface area contributed by atoms with Crippen molar-refractivity contribution in [3.05, 3.63) is 47.0 Å². The van der Waals surface area contributed by atoms with E-state index >= 15 is 0 Å². The molecule has 0 radical (unpaired) electrons. The summed E-state index contributed by atoms with van der Waals surface area (Å²) in [7, 11) is 0. The number of aromatic amines is 1. The Labute approximate surface area is 148 Å². The fraction of sp³-hybridized carbons (Fsp3) is 0.526. The molecule has 0 aliphatic carbocycles. The van der Waals surface area contributed by atoms with Gasteiger partial charge in [-0.1, -0.05) is 32.9 Å². The van der Waals surface area contributed by atoms with Crippen LogP contribution in [0.2, 0.25) is 0 Å². The van der Waals surface area contributed by atoms with Crippen molar-refractivity contribution >= 4 is 0 Å². The highest BCUT2D eigenvalue weighted by molar-refractivity contribution is 5.32. The topological polar surface area (TPSA) is 77.8 Å². The van der Waals surface area contributed by atoms with Crippen LogP contribution in [0.4, 0.5) is 0 Å². The smallest absolute Gasteiger partial charge is 0.156 e. The average molecular weight is 339 g/mol. The van der Waals surface area contributed by atoms with E-state index in [1.807, 2.05) is 24.3 Å². The van der Waals surface area contributed by atoms with Crippen LogP contribution in [-0.2, 0) is 10.2 Å². The predicted octanol–water partition coefficient (Wildman–Crippen LogP) is 3.11. The van der Waals surface area contributed by atoms with Gasteiger partial charge in [0.2, 0.25) is 0 Å². The van der Waals surface area contributed by atoms with E-state index in [0.29, 0.717) is 12.2 Å². The number of aromatic nitrogens is 3. The number of nitrogens with one attached hydrogen (secondary N) is 1. The summed E-state index contributed by atoms with van der Waals surface area (Å²) in [4.78, 5) is 7.02. The van der Waals surface area contributed by atoms with Crippen LogP contribution in [0.15, 0.2) is 24.3 Å². The number of ether oxygens (including phenoxy) is 1. The molecule has 6 heteroatoms. The molecule has 2 atom stereocenters. The first-order chi connectivity index (χ1) is 11.9. The fourth-order valence-electron chi connectivity index (χ4n) is 2.99. The number of hydrogen-bond acceptors (Lipinski definition) is 5. The van der Waals surface area contributed by atoms with Crippen LogP contribution in [0.3, 0.4) is 0 Å². The standard InChI is InChI=1S/C19H25N5O/c1-13(15-7-5-14(11-20)6-8-15)24-9-10-25-16(12-24)17-21-18(23-22-17)19(2,3)4/h5-8,13,16H,9-10,12H2,1-4H3,(H,21,22,23). The molecule has 25 heavy (non-hydrogen) atoms. The molecule has 6 nitrogen and oxygen atoms in total. The van der Waals surface area contributed by atoms with Crippen molar-refractivity contribution in [2.45, 2.75) is 45.3 Å². The van der Waals surface area contributed by atoms with E-state index in [0.717, 1.165) is 24.7 Å². The van der Waals surface area contributed by atoms with Gasteiger partial charge in [0.25, 0.3) is 0 Å². The maximum atomic E-state index is 8.94. The van der Waals surface area contributed by atoms with Crippen LogP contribution in [0.1, 0.15) is 62.6 Å². The normalized spacial score (nSPS) is 20.2. The molecule has 1 fully saturated rings. The molecule has 0 saturated carbocycles. The van der Waals surface area contributed by atoms with Crippen LogP contribution in [0.25, 0.3) is 0 Å². The largest absolute Gasteiger partial charge is 0.368 e. The number of hydrogen-bond donors (Lipinski definition) is 1. The molecule has 2 heterocycles. The van der Waals surface area contributed by atoms with E-state index in [2.05, 4.69) is 53.8 Å². The van der Waals surface area contributed by atoms with E-state index in [9.17, 15) is 0 Å². The number of nitriles is 1. The zero-order valence-electron chi connectivity index (χ0n) is 15.3. The van der Waals surface area contributed by atoms with Crippen molar-refractivity contribution in [1.82, 2.24) is 20.1 Å². The second-order valence-corrected chi connectivity index (χ2v) is 7.56. The number of morpholine rings is 1. The molecule has 2 unspecified atom stereocenters. The van der Waals surface area contributed by atoms with Crippen molar-refractivity contribution in [2.24, 2.45) is 0 Å². The van der Waals surface area contributed by atoms with Crippen molar-refractivity contribution in [1.29, 1.82) is 5.26 Å². The van der Waals surface area contributed by atoms with Crippen molar-refractivity contribution in [3.8, 4) is 6.07 Å². The minimum absolute atomic E-state index is 0.0844. The van der Waals surface area contributed by atoms with Gasteiger partial charge in [-0.3, -0.25) is 10.00 Å². The molecule has 1 aromatic carbocycles. The first kappa shape index (κ1) is 17.6. The monoisotopic (exact) mass is 339 g/mol. The summed E-state index contributed by atoms with van der Waals surface area (Å²) in [5.74, 6) is 1.60. The SMILES string of the molecule is CC(c1ccc(C#N)cc1)N1CCOC(c2nc(C(C)(C)C)n[nH]2)C1. The maximum Gasteiger partial charge on any atom is 0.156 e. The van der Waals surface area contributed by atoms with Gasteiger partial charge in [-0.2, -0.15) is 10.4 Å². The van der Waals surface area contributed by atoms with Crippen LogP contribution in [0, 0.1) is 11.3 Å². The highest BCUT2D eigenvalue weighted by Gasteiger charge is 2.29. The number of nitrogens with zero attached hydrogens (tertiary/aromatic N) is 4. The van der Waals surface area contributed by atoms with Crippen molar-refractivity contribution < 1.29 is 4.74 Å². The first-order valence-electron chi connectivity index (χ1n) is 8.67. The summed E-state index contributed by atoms with van der Waals surface area (Å²) in [6.45, 7) is 10.8. The Bertz CT molecular complexity index is 753. The summed E-state index contributed by atoms with van der Waals surface area (Å²) < 4.78 is 5.92. The Morgan fingerprint density at radius 2 is 2.04 bits per heavy atom. The minimum atomic E-state index is -0.0989. The van der Waals surface area contributed by atoms with Crippen molar-refractivity contribution in [2.75, 3.05) is 19.7 Å². The zero-order valence-corrected chi connectivity index (χ0v) is 15.3. The molecule has 3 rings (SSSR count). The second kappa shape index (κ2) is 6.95. The van der Waals surface area contributed by atoms with Gasteiger partial charge >= 0.3 is 0 Å². The van der Waals surface area contributed by atoms with E-state index in [1.54, 1.807) is 0 Å². The Hall–Kier alpha value is -2.23. The van der Waals surface area contributed by atoms with Crippen LogP contribution >= 0.6 is 0 Å². The molecular weight excluding hydrogens is 314 g/mol. The molecule has 1 aliphatic heterocycles. The van der Waals surface area contributed by atoms with Gasteiger partial charge < -0.3 is 4.74 Å². The zero-order chi connectivity index (χ0) is 18.0. The lowest BCUT2D eigenvalue weighted by Gasteiger charge is -2.36. The predicted molar refractivity (Wildman–Crippen MR) is 94.9 cm³/mol. The van der Waals surface area contributed by atoms with E-state index in [-0.39, 0.29) is 17.6 Å². The summed E-state index contributed by atoms with van der Waals surface area (Å²) in [6.07, 6.45) is -0.0989. The number of H-pyrrole nitrogens is 1. The lowest BCUT2D eigenvalue weighted by Crippen LogP contribution is -2.40. The van der Waals surface area contributed by atoms with Gasteiger partial charge in [0, 0.05) is 24.5 Å². The summed E-state index contributed by atoms with van der Waals surface area (Å²) >= 11 is 0. The quantitative estimate of drug-likeness (QED) is 0.929. The average Bonchev–Trinajstić information content (AvgIpc) is 3.12. The third-order valence-electron chi connectivity index (χ3n) is 4.65. The summed E-state index contributed by atoms with van der Waals surface area (Å²) in [6, 6.07) is 10.2. The summed E-state index contributed by atoms with van der Waals surface area (Å²) in [5, 5.41) is 16.3. The Kier molecular flexibility index (Phi) is 4.89. The molecule has 132 valence electrons. The van der Waals surface area contributed by atoms with E-state index in [4.69, 9.17) is 10.00 Å². The minimum Gasteiger partial charge on any atom is -0.368 e. The molecule has 1 N–H and O–H groups in total. The van der Waals surface area contributed by atoms with Crippen molar-refractivity contribution in [3.63, 3.8) is 0 Å². The van der Waals surface area contributed by atoms with Crippen LogP contribution in [0.5, 0.6) is 0 Å². The Balaban J connectivity index is 1.72. The molecule has 1 aliphatic rings. The molecule has 1 aromatic heterocycles. The van der Waals surface area contributed by atoms with Gasteiger partial charge in [0.05, 0.1) is 18.2 Å². The molecule has 0 spiro atoms. The molecule has 0 bridgehead atoms. The fourth-order valence-corrected chi connectivity index (χ4v) is 2.99. The van der Waals surface area contributed by atoms with Gasteiger partial charge in [-0.25, -0.2) is 4.98 Å². The number of benzene rings is 1. The third-order valence-corrected chi connectivity index (χ3v) is 4.65. The molecule has 1 saturated heterocycles. The first-order valence-corrected chi connectivity index (χ1v) is 8.67. The second-order valence-electron chi connectivity index (χ2n) is 7.56. The summed E-state index contributed by atoms with van der Waals surface area (Å²) in [5.41, 5.74) is 1.80. The molecule has 0 amide bonds. The van der Waals surface area contributed by atoms with Crippen LogP contribution in [-0.4, -0.2) is 39.8 Å². The highest BCUT2D eigenvalue weighted by Crippen LogP contribution is 2.28. The van der Waals surface area contributed by atoms with E-state index < -0.39 is 0 Å². The molecule has 2 aromatic rings. The van der Waals surface area contributed by atoms with Gasteiger partial charge in [0.1, 0.15) is 6.10 Å². The highest BCUT2D eigenvalue weighted by atomic mass is 16.5. The van der Waals surface area contributed by atoms with E-state index in [1.165, 1.54) is 5.56 Å². The van der Waals surface area contributed by atoms with Crippen LogP contribution < -0.4 is 0 Å². The Morgan fingerprint density at radius 3 is 2.64 bits per heavy atom. The third kappa shape index (κ3) is 3.89. The lowest BCUT2D eigenvalue weighted by atomic mass is 9.96. The van der Waals surface area contributed by atoms with Gasteiger partial charge in [0.15, 0.2) is 11.6 Å². The number of rotatable bonds is 3. The molecular formula is C19H25N5O. The van der Waals surface area contributed by atoms with Gasteiger partial charge in [-0.15, -0.1) is 0 Å². The maximum absolute atomic E-state index is 8.94. The Morgan fingerprint density at radius 1 is 1.32 bits per heavy atom. The lowest BCUT2D eigenvalue weighted by molar-refractivity contribution is -0.0470.